The molecule has 0 amide bonds. The van der Waals surface area contributed by atoms with E-state index in [-0.39, 0.29) is 18.8 Å². The number of likely N-dealkylation sites (N-methyl/N-ethyl adjacent to an activating group) is 1. The van der Waals surface area contributed by atoms with Crippen LogP contribution in [-0.2, 0) is 0 Å². The molecule has 0 heterocycles. The van der Waals surface area contributed by atoms with Gasteiger partial charge in [0.05, 0.1) is 12.7 Å². The molecule has 3 nitrogen and oxygen atoms in total. The van der Waals surface area contributed by atoms with Crippen LogP contribution in [0.2, 0.25) is 0 Å². The average Bonchev–Trinajstić information content (AvgIpc) is 1.85. The van der Waals surface area contributed by atoms with Crippen molar-refractivity contribution in [1.29, 1.82) is 0 Å². The van der Waals surface area contributed by atoms with Gasteiger partial charge in [-0.2, -0.15) is 0 Å². The van der Waals surface area contributed by atoms with E-state index in [4.69, 9.17) is 10.2 Å². The van der Waals surface area contributed by atoms with E-state index in [1.54, 1.807) is 6.92 Å². The van der Waals surface area contributed by atoms with Crippen molar-refractivity contribution in [2.45, 2.75) is 26.0 Å². The van der Waals surface area contributed by atoms with E-state index in [0.717, 1.165) is 0 Å². The van der Waals surface area contributed by atoms with Crippen LogP contribution in [0.5, 0.6) is 0 Å². The Hall–Kier alpha value is -0.120. The Morgan fingerprint density at radius 2 is 1.90 bits per heavy atom. The topological polar surface area (TPSA) is 43.7 Å². The summed E-state index contributed by atoms with van der Waals surface area (Å²) in [4.78, 5) is 1.92. The average molecular weight is 147 g/mol. The van der Waals surface area contributed by atoms with E-state index in [9.17, 15) is 0 Å². The summed E-state index contributed by atoms with van der Waals surface area (Å²) in [5.41, 5.74) is 0. The zero-order valence-corrected chi connectivity index (χ0v) is 6.91. The number of hydrogen-bond acceptors (Lipinski definition) is 3. The third-order valence-electron chi connectivity index (χ3n) is 1.57. The van der Waals surface area contributed by atoms with Gasteiger partial charge >= 0.3 is 0 Å². The van der Waals surface area contributed by atoms with Gasteiger partial charge in [-0.15, -0.1) is 0 Å². The summed E-state index contributed by atoms with van der Waals surface area (Å²) in [6.45, 7) is 4.41. The number of hydrogen-bond donors (Lipinski definition) is 2. The Labute approximate surface area is 62.3 Å². The van der Waals surface area contributed by atoms with Gasteiger partial charge in [0.25, 0.3) is 0 Å². The zero-order chi connectivity index (χ0) is 8.15. The molecule has 10 heavy (non-hydrogen) atoms. The van der Waals surface area contributed by atoms with Crippen molar-refractivity contribution in [3.63, 3.8) is 0 Å². The van der Waals surface area contributed by atoms with E-state index in [1.165, 1.54) is 0 Å². The van der Waals surface area contributed by atoms with Crippen molar-refractivity contribution >= 4 is 0 Å². The van der Waals surface area contributed by atoms with Crippen molar-refractivity contribution in [2.24, 2.45) is 0 Å². The minimum atomic E-state index is -0.320. The lowest BCUT2D eigenvalue weighted by Gasteiger charge is -2.23. The maximum absolute atomic E-state index is 8.94. The lowest BCUT2D eigenvalue weighted by atomic mass is 10.3. The predicted molar refractivity (Wildman–Crippen MR) is 40.9 cm³/mol. The molecule has 1 unspecified atom stereocenters. The summed E-state index contributed by atoms with van der Waals surface area (Å²) in [5.74, 6) is 0. The first-order valence-corrected chi connectivity index (χ1v) is 3.57. The van der Waals surface area contributed by atoms with Crippen LogP contribution in [-0.4, -0.2) is 47.5 Å². The molecule has 0 saturated heterocycles. The molecule has 0 aromatic carbocycles. The van der Waals surface area contributed by atoms with Gasteiger partial charge in [-0.1, -0.05) is 0 Å². The van der Waals surface area contributed by atoms with Crippen molar-refractivity contribution in [3.8, 4) is 0 Å². The monoisotopic (exact) mass is 147 g/mol. The molecule has 0 spiro atoms. The molecule has 0 rings (SSSR count). The molecular formula is C7H17NO2. The van der Waals surface area contributed by atoms with Gasteiger partial charge in [-0.3, -0.25) is 4.90 Å². The Kier molecular flexibility index (Phi) is 4.60. The first-order chi connectivity index (χ1) is 4.57. The second-order valence-electron chi connectivity index (χ2n) is 2.82. The quantitative estimate of drug-likeness (QED) is 0.573. The third kappa shape index (κ3) is 3.82. The minimum Gasteiger partial charge on any atom is -0.395 e. The smallest absolute Gasteiger partial charge is 0.0639 e. The zero-order valence-electron chi connectivity index (χ0n) is 6.91. The SMILES string of the molecule is CC(CO)N(C)C[C@H](C)O. The van der Waals surface area contributed by atoms with Gasteiger partial charge in [-0.25, -0.2) is 0 Å². The molecular weight excluding hydrogens is 130 g/mol. The van der Waals surface area contributed by atoms with Crippen LogP contribution in [0.3, 0.4) is 0 Å². The highest BCUT2D eigenvalue weighted by molar-refractivity contribution is 4.63. The largest absolute Gasteiger partial charge is 0.395 e. The fourth-order valence-electron chi connectivity index (χ4n) is 0.736. The number of aliphatic hydroxyl groups is 2. The Morgan fingerprint density at radius 1 is 1.40 bits per heavy atom. The van der Waals surface area contributed by atoms with Crippen LogP contribution in [0.1, 0.15) is 13.8 Å². The van der Waals surface area contributed by atoms with E-state index in [2.05, 4.69) is 0 Å². The lowest BCUT2D eigenvalue weighted by molar-refractivity contribution is 0.0959. The Bertz CT molecular complexity index is 85.7. The second kappa shape index (κ2) is 4.66. The number of aliphatic hydroxyl groups excluding tert-OH is 2. The molecule has 0 aliphatic rings. The van der Waals surface area contributed by atoms with Gasteiger partial charge in [0.15, 0.2) is 0 Å². The predicted octanol–water partition coefficient (Wildman–Crippen LogP) is -0.320. The van der Waals surface area contributed by atoms with Crippen molar-refractivity contribution < 1.29 is 10.2 Å². The summed E-state index contributed by atoms with van der Waals surface area (Å²) in [6.07, 6.45) is -0.320. The number of rotatable bonds is 4. The molecule has 0 fully saturated rings. The Morgan fingerprint density at radius 3 is 2.20 bits per heavy atom. The molecule has 0 aliphatic heterocycles. The molecule has 0 aromatic heterocycles. The standard InChI is InChI=1S/C7H17NO2/c1-6(5-9)8(3)4-7(2)10/h6-7,9-10H,4-5H2,1-3H3/t6?,7-/m0/s1. The molecule has 0 radical (unpaired) electrons. The van der Waals surface area contributed by atoms with Crippen molar-refractivity contribution in [3.05, 3.63) is 0 Å². The summed E-state index contributed by atoms with van der Waals surface area (Å²) < 4.78 is 0. The highest BCUT2D eigenvalue weighted by Gasteiger charge is 2.08. The second-order valence-corrected chi connectivity index (χ2v) is 2.82. The molecule has 0 aliphatic carbocycles. The van der Waals surface area contributed by atoms with Crippen LogP contribution < -0.4 is 0 Å². The van der Waals surface area contributed by atoms with E-state index < -0.39 is 0 Å². The van der Waals surface area contributed by atoms with E-state index in [0.29, 0.717) is 6.54 Å². The fraction of sp³-hybridized carbons (Fsp3) is 1.00. The van der Waals surface area contributed by atoms with Gasteiger partial charge in [-0.05, 0) is 20.9 Å². The molecule has 2 atom stereocenters. The van der Waals surface area contributed by atoms with Crippen LogP contribution in [0.15, 0.2) is 0 Å². The van der Waals surface area contributed by atoms with Gasteiger partial charge in [0.1, 0.15) is 0 Å². The van der Waals surface area contributed by atoms with Gasteiger partial charge < -0.3 is 10.2 Å². The van der Waals surface area contributed by atoms with Crippen LogP contribution in [0.4, 0.5) is 0 Å². The van der Waals surface area contributed by atoms with Gasteiger partial charge in [0.2, 0.25) is 0 Å². The molecule has 0 aromatic rings. The molecule has 62 valence electrons. The third-order valence-corrected chi connectivity index (χ3v) is 1.57. The summed E-state index contributed by atoms with van der Waals surface area (Å²) in [6, 6.07) is 0.134. The summed E-state index contributed by atoms with van der Waals surface area (Å²) in [5, 5.41) is 17.6. The molecule has 2 N–H and O–H groups in total. The first kappa shape index (κ1) is 9.88. The first-order valence-electron chi connectivity index (χ1n) is 3.57. The maximum atomic E-state index is 8.94. The van der Waals surface area contributed by atoms with Crippen LogP contribution in [0.25, 0.3) is 0 Å². The van der Waals surface area contributed by atoms with Crippen molar-refractivity contribution in [1.82, 2.24) is 4.90 Å². The number of nitrogens with zero attached hydrogens (tertiary/aromatic N) is 1. The summed E-state index contributed by atoms with van der Waals surface area (Å²) >= 11 is 0. The van der Waals surface area contributed by atoms with E-state index >= 15 is 0 Å². The highest BCUT2D eigenvalue weighted by Crippen LogP contribution is 1.95. The van der Waals surface area contributed by atoms with E-state index in [1.807, 2.05) is 18.9 Å². The minimum absolute atomic E-state index is 0.134. The Balaban J connectivity index is 3.50. The fourth-order valence-corrected chi connectivity index (χ4v) is 0.736. The summed E-state index contributed by atoms with van der Waals surface area (Å²) in [7, 11) is 1.88. The normalized spacial score (nSPS) is 17.4. The molecule has 0 bridgehead atoms. The maximum Gasteiger partial charge on any atom is 0.0639 e. The van der Waals surface area contributed by atoms with Crippen LogP contribution >= 0.6 is 0 Å². The molecule has 0 saturated carbocycles. The van der Waals surface area contributed by atoms with Gasteiger partial charge in [0, 0.05) is 12.6 Å². The van der Waals surface area contributed by atoms with Crippen LogP contribution in [0, 0.1) is 0 Å². The highest BCUT2D eigenvalue weighted by atomic mass is 16.3. The molecule has 3 heteroatoms. The van der Waals surface area contributed by atoms with Crippen molar-refractivity contribution in [2.75, 3.05) is 20.2 Å². The lowest BCUT2D eigenvalue weighted by Crippen LogP contribution is -2.36.